The lowest BCUT2D eigenvalue weighted by Crippen LogP contribution is -2.34. The zero-order valence-electron chi connectivity index (χ0n) is 14.9. The molecule has 2 rings (SSSR count). The molecule has 3 N–H and O–H groups in total. The Morgan fingerprint density at radius 1 is 1.24 bits per heavy atom. The second-order valence-corrected chi connectivity index (χ2v) is 6.97. The van der Waals surface area contributed by atoms with Gasteiger partial charge in [0.15, 0.2) is 6.29 Å². The van der Waals surface area contributed by atoms with Gasteiger partial charge < -0.3 is 29.7 Å². The van der Waals surface area contributed by atoms with Crippen LogP contribution < -0.4 is 5.32 Å². The molecule has 1 aromatic rings. The summed E-state index contributed by atoms with van der Waals surface area (Å²) in [5.41, 5.74) is 0.887. The van der Waals surface area contributed by atoms with Crippen LogP contribution in [-0.4, -0.2) is 47.8 Å². The van der Waals surface area contributed by atoms with E-state index in [9.17, 15) is 15.0 Å². The molecule has 0 saturated carbocycles. The monoisotopic (exact) mass is 353 g/mol. The molecule has 1 heterocycles. The number of carbonyl (C=O) groups is 1. The topological polar surface area (TPSA) is 97.3 Å². The van der Waals surface area contributed by atoms with Crippen LogP contribution in [0.25, 0.3) is 0 Å². The molecule has 0 bridgehead atoms. The maximum absolute atomic E-state index is 11.5. The highest BCUT2D eigenvalue weighted by Gasteiger charge is 2.22. The third-order valence-corrected chi connectivity index (χ3v) is 3.64. The maximum atomic E-state index is 11.5. The van der Waals surface area contributed by atoms with Gasteiger partial charge in [-0.15, -0.1) is 0 Å². The third kappa shape index (κ3) is 6.28. The Bertz CT molecular complexity index is 548. The molecule has 0 radical (unpaired) electrons. The molecule has 7 nitrogen and oxygen atoms in total. The first kappa shape index (κ1) is 19.7. The number of ether oxygens (including phenoxy) is 3. The average Bonchev–Trinajstić information content (AvgIpc) is 3.07. The smallest absolute Gasteiger partial charge is 0.407 e. The number of amides is 1. The lowest BCUT2D eigenvalue weighted by molar-refractivity contribution is -0.0441. The van der Waals surface area contributed by atoms with Crippen molar-refractivity contribution in [1.29, 1.82) is 0 Å². The molecule has 2 atom stereocenters. The standard InChI is InChI=1S/C18H27NO6/c1-18(2,3)25-17(22)19-9-8-14(20)15(21)12-4-6-13(7-5-12)16-23-10-11-24-16/h4-7,14-16,20-21H,8-11H2,1-3H3,(H,19,22). The van der Waals surface area contributed by atoms with Crippen LogP contribution >= 0.6 is 0 Å². The number of benzene rings is 1. The summed E-state index contributed by atoms with van der Waals surface area (Å²) in [6.45, 7) is 6.66. The Balaban J connectivity index is 1.79. The van der Waals surface area contributed by atoms with Crippen LogP contribution in [0.1, 0.15) is 50.7 Å². The van der Waals surface area contributed by atoms with Crippen LogP contribution in [0.5, 0.6) is 0 Å². The van der Waals surface area contributed by atoms with Crippen LogP contribution in [0, 0.1) is 0 Å². The van der Waals surface area contributed by atoms with Gasteiger partial charge >= 0.3 is 6.09 Å². The van der Waals surface area contributed by atoms with Crippen molar-refractivity contribution in [2.75, 3.05) is 19.8 Å². The molecule has 1 aromatic carbocycles. The van der Waals surface area contributed by atoms with Crippen molar-refractivity contribution in [2.24, 2.45) is 0 Å². The number of rotatable bonds is 6. The first-order chi connectivity index (χ1) is 11.8. The van der Waals surface area contributed by atoms with E-state index < -0.39 is 23.9 Å². The summed E-state index contributed by atoms with van der Waals surface area (Å²) in [7, 11) is 0. The number of nitrogens with one attached hydrogen (secondary N) is 1. The molecule has 1 amide bonds. The molecule has 7 heteroatoms. The molecule has 1 aliphatic rings. The van der Waals surface area contributed by atoms with Crippen molar-refractivity contribution < 1.29 is 29.2 Å². The molecular formula is C18H27NO6. The molecule has 0 spiro atoms. The Morgan fingerprint density at radius 2 is 1.84 bits per heavy atom. The van der Waals surface area contributed by atoms with E-state index in [0.717, 1.165) is 5.56 Å². The van der Waals surface area contributed by atoms with Crippen molar-refractivity contribution in [3.63, 3.8) is 0 Å². The summed E-state index contributed by atoms with van der Waals surface area (Å²) in [5.74, 6) is 0. The molecule has 0 aromatic heterocycles. The van der Waals surface area contributed by atoms with Gasteiger partial charge in [0.1, 0.15) is 11.7 Å². The minimum absolute atomic E-state index is 0.203. The number of aliphatic hydroxyl groups is 2. The van der Waals surface area contributed by atoms with Gasteiger partial charge in [-0.2, -0.15) is 0 Å². The summed E-state index contributed by atoms with van der Waals surface area (Å²) in [5, 5.41) is 22.9. The van der Waals surface area contributed by atoms with Crippen LogP contribution in [0.4, 0.5) is 4.79 Å². The first-order valence-corrected chi connectivity index (χ1v) is 8.42. The second-order valence-electron chi connectivity index (χ2n) is 6.97. The number of hydrogen-bond donors (Lipinski definition) is 3. The van der Waals surface area contributed by atoms with E-state index in [1.165, 1.54) is 0 Å². The van der Waals surface area contributed by atoms with Gasteiger partial charge in [-0.1, -0.05) is 24.3 Å². The molecule has 1 saturated heterocycles. The highest BCUT2D eigenvalue weighted by atomic mass is 16.7. The molecule has 25 heavy (non-hydrogen) atoms. The minimum Gasteiger partial charge on any atom is -0.444 e. The Morgan fingerprint density at radius 3 is 2.40 bits per heavy atom. The average molecular weight is 353 g/mol. The van der Waals surface area contributed by atoms with Gasteiger partial charge in [-0.05, 0) is 32.8 Å². The molecule has 140 valence electrons. The first-order valence-electron chi connectivity index (χ1n) is 8.42. The number of aliphatic hydroxyl groups excluding tert-OH is 2. The summed E-state index contributed by atoms with van der Waals surface area (Å²) in [4.78, 5) is 11.5. The molecule has 0 aliphatic carbocycles. The minimum atomic E-state index is -1.04. The van der Waals surface area contributed by atoms with E-state index in [0.29, 0.717) is 18.8 Å². The van der Waals surface area contributed by atoms with Gasteiger partial charge in [0.05, 0.1) is 19.3 Å². The van der Waals surface area contributed by atoms with Crippen molar-refractivity contribution in [3.8, 4) is 0 Å². The fourth-order valence-electron chi connectivity index (χ4n) is 2.42. The largest absolute Gasteiger partial charge is 0.444 e. The Labute approximate surface area is 147 Å². The van der Waals surface area contributed by atoms with Gasteiger partial charge in [0, 0.05) is 12.1 Å². The second kappa shape index (κ2) is 8.62. The Hall–Kier alpha value is -1.67. The number of carbonyl (C=O) groups excluding carboxylic acids is 1. The van der Waals surface area contributed by atoms with E-state index in [4.69, 9.17) is 14.2 Å². The van der Waals surface area contributed by atoms with E-state index in [1.807, 2.05) is 0 Å². The van der Waals surface area contributed by atoms with Crippen molar-refractivity contribution in [2.45, 2.75) is 51.3 Å². The zero-order valence-corrected chi connectivity index (χ0v) is 14.9. The highest BCUT2D eigenvalue weighted by molar-refractivity contribution is 5.67. The Kier molecular flexibility index (Phi) is 6.78. The number of hydrogen-bond acceptors (Lipinski definition) is 6. The molecule has 1 aliphatic heterocycles. The van der Waals surface area contributed by atoms with Crippen molar-refractivity contribution in [3.05, 3.63) is 35.4 Å². The van der Waals surface area contributed by atoms with E-state index in [2.05, 4.69) is 5.32 Å². The SMILES string of the molecule is CC(C)(C)OC(=O)NCCC(O)C(O)c1ccc(C2OCCO2)cc1. The lowest BCUT2D eigenvalue weighted by Gasteiger charge is -2.21. The molecule has 2 unspecified atom stereocenters. The number of alkyl carbamates (subject to hydrolysis) is 1. The summed E-state index contributed by atoms with van der Waals surface area (Å²) < 4.78 is 15.9. The van der Waals surface area contributed by atoms with Crippen molar-refractivity contribution in [1.82, 2.24) is 5.32 Å². The fourth-order valence-corrected chi connectivity index (χ4v) is 2.42. The summed E-state index contributed by atoms with van der Waals surface area (Å²) >= 11 is 0. The van der Waals surface area contributed by atoms with Gasteiger partial charge in [-0.3, -0.25) is 0 Å². The van der Waals surface area contributed by atoms with Gasteiger partial charge in [-0.25, -0.2) is 4.79 Å². The van der Waals surface area contributed by atoms with Gasteiger partial charge in [0.2, 0.25) is 0 Å². The van der Waals surface area contributed by atoms with E-state index in [1.54, 1.807) is 45.0 Å². The zero-order chi connectivity index (χ0) is 18.4. The van der Waals surface area contributed by atoms with Crippen LogP contribution in [0.15, 0.2) is 24.3 Å². The lowest BCUT2D eigenvalue weighted by atomic mass is 10.0. The summed E-state index contributed by atoms with van der Waals surface area (Å²) in [6.07, 6.45) is -2.75. The fraction of sp³-hybridized carbons (Fsp3) is 0.611. The van der Waals surface area contributed by atoms with E-state index in [-0.39, 0.29) is 19.3 Å². The molecular weight excluding hydrogens is 326 g/mol. The van der Waals surface area contributed by atoms with Crippen LogP contribution in [0.2, 0.25) is 0 Å². The van der Waals surface area contributed by atoms with E-state index >= 15 is 0 Å². The molecule has 1 fully saturated rings. The quantitative estimate of drug-likeness (QED) is 0.724. The van der Waals surface area contributed by atoms with Crippen LogP contribution in [-0.2, 0) is 14.2 Å². The highest BCUT2D eigenvalue weighted by Crippen LogP contribution is 2.26. The normalized spacial score (nSPS) is 18.0. The van der Waals surface area contributed by atoms with Gasteiger partial charge in [0.25, 0.3) is 0 Å². The van der Waals surface area contributed by atoms with Crippen molar-refractivity contribution >= 4 is 6.09 Å². The third-order valence-electron chi connectivity index (χ3n) is 3.64. The predicted molar refractivity (Wildman–Crippen MR) is 90.9 cm³/mol. The maximum Gasteiger partial charge on any atom is 0.407 e. The predicted octanol–water partition coefficient (Wildman–Crippen LogP) is 2.04. The van der Waals surface area contributed by atoms with Crippen LogP contribution in [0.3, 0.4) is 0 Å². The summed E-state index contributed by atoms with van der Waals surface area (Å²) in [6, 6.07) is 7.07.